The third-order valence-corrected chi connectivity index (χ3v) is 5.63. The second-order valence-corrected chi connectivity index (χ2v) is 7.92. The summed E-state index contributed by atoms with van der Waals surface area (Å²) in [6, 6.07) is 20.9. The van der Waals surface area contributed by atoms with E-state index >= 15 is 0 Å². The Balaban J connectivity index is 0.00000320. The van der Waals surface area contributed by atoms with Gasteiger partial charge in [0.1, 0.15) is 12.4 Å². The van der Waals surface area contributed by atoms with Gasteiger partial charge in [0.2, 0.25) is 0 Å². The number of thioether (sulfide) groups is 1. The highest BCUT2D eigenvalue weighted by Crippen LogP contribution is 2.16. The molecule has 1 atom stereocenters. The van der Waals surface area contributed by atoms with E-state index in [1.54, 1.807) is 0 Å². The SMILES string of the molecule is Cc1nnc(CN=C(NCCSc2ccccc2)NC(C)c2ccccc2)n1C.I. The maximum absolute atomic E-state index is 4.74. The molecule has 6 nitrogen and oxygen atoms in total. The molecular formula is C22H29IN6S. The Morgan fingerprint density at radius 2 is 1.73 bits per heavy atom. The first-order valence-corrected chi connectivity index (χ1v) is 10.7. The zero-order valence-corrected chi connectivity index (χ0v) is 20.7. The molecule has 0 fully saturated rings. The third-order valence-electron chi connectivity index (χ3n) is 4.62. The molecule has 0 aliphatic carbocycles. The fraction of sp³-hybridized carbons (Fsp3) is 0.318. The summed E-state index contributed by atoms with van der Waals surface area (Å²) in [5, 5.41) is 15.3. The maximum atomic E-state index is 4.74. The average molecular weight is 536 g/mol. The van der Waals surface area contributed by atoms with Crippen LogP contribution >= 0.6 is 35.7 Å². The Kier molecular flexibility index (Phi) is 10.2. The second kappa shape index (κ2) is 12.6. The largest absolute Gasteiger partial charge is 0.356 e. The van der Waals surface area contributed by atoms with Gasteiger partial charge in [0.25, 0.3) is 0 Å². The van der Waals surface area contributed by atoms with Gasteiger partial charge in [-0.25, -0.2) is 4.99 Å². The Labute approximate surface area is 200 Å². The number of halogens is 1. The monoisotopic (exact) mass is 536 g/mol. The fourth-order valence-corrected chi connectivity index (χ4v) is 3.57. The predicted molar refractivity (Wildman–Crippen MR) is 135 cm³/mol. The lowest BCUT2D eigenvalue weighted by molar-refractivity contribution is 0.682. The van der Waals surface area contributed by atoms with Gasteiger partial charge >= 0.3 is 0 Å². The molecule has 3 aromatic rings. The van der Waals surface area contributed by atoms with E-state index in [0.29, 0.717) is 6.54 Å². The molecule has 0 spiro atoms. The van der Waals surface area contributed by atoms with E-state index in [-0.39, 0.29) is 30.0 Å². The molecule has 0 bridgehead atoms. The molecule has 1 unspecified atom stereocenters. The van der Waals surface area contributed by atoms with E-state index in [9.17, 15) is 0 Å². The zero-order valence-electron chi connectivity index (χ0n) is 17.6. The van der Waals surface area contributed by atoms with E-state index < -0.39 is 0 Å². The Morgan fingerprint density at radius 3 is 2.37 bits per heavy atom. The van der Waals surface area contributed by atoms with Crippen molar-refractivity contribution in [3.8, 4) is 0 Å². The van der Waals surface area contributed by atoms with Crippen LogP contribution < -0.4 is 10.6 Å². The Hall–Kier alpha value is -2.07. The molecule has 8 heteroatoms. The Morgan fingerprint density at radius 1 is 1.07 bits per heavy atom. The lowest BCUT2D eigenvalue weighted by Gasteiger charge is -2.18. The van der Waals surface area contributed by atoms with Crippen molar-refractivity contribution < 1.29 is 0 Å². The van der Waals surface area contributed by atoms with Crippen LogP contribution in [0.2, 0.25) is 0 Å². The summed E-state index contributed by atoms with van der Waals surface area (Å²) >= 11 is 1.83. The highest BCUT2D eigenvalue weighted by atomic mass is 127. The highest BCUT2D eigenvalue weighted by Gasteiger charge is 2.09. The first kappa shape index (κ1) is 24.2. The van der Waals surface area contributed by atoms with Crippen LogP contribution in [0.5, 0.6) is 0 Å². The van der Waals surface area contributed by atoms with Gasteiger partial charge in [-0.15, -0.1) is 45.9 Å². The standard InChI is InChI=1S/C22H28N6S.HI/c1-17(19-10-6-4-7-11-19)25-22(24-16-21-27-26-18(2)28(21)3)23-14-15-29-20-12-8-5-9-13-20;/h4-13,17H,14-16H2,1-3H3,(H2,23,24,25);1H. The molecule has 0 saturated heterocycles. The molecule has 0 saturated carbocycles. The van der Waals surface area contributed by atoms with E-state index in [1.807, 2.05) is 42.4 Å². The number of rotatable bonds is 8. The molecule has 160 valence electrons. The number of guanidine groups is 1. The van der Waals surface area contributed by atoms with E-state index in [2.05, 4.69) is 76.3 Å². The van der Waals surface area contributed by atoms with Gasteiger partial charge in [0, 0.05) is 24.2 Å². The van der Waals surface area contributed by atoms with Crippen molar-refractivity contribution in [1.82, 2.24) is 25.4 Å². The first-order valence-electron chi connectivity index (χ1n) is 9.76. The molecule has 0 aliphatic heterocycles. The van der Waals surface area contributed by atoms with Crippen LogP contribution in [0.4, 0.5) is 0 Å². The van der Waals surface area contributed by atoms with Gasteiger partial charge in [-0.1, -0.05) is 48.5 Å². The molecule has 3 rings (SSSR count). The highest BCUT2D eigenvalue weighted by molar-refractivity contribution is 14.0. The number of hydrogen-bond acceptors (Lipinski definition) is 4. The molecule has 2 N–H and O–H groups in total. The van der Waals surface area contributed by atoms with Crippen LogP contribution in [0.1, 0.15) is 30.2 Å². The van der Waals surface area contributed by atoms with Gasteiger partial charge < -0.3 is 15.2 Å². The number of aromatic nitrogens is 3. The van der Waals surface area contributed by atoms with E-state index in [0.717, 1.165) is 29.9 Å². The van der Waals surface area contributed by atoms with Gasteiger partial charge in [0.05, 0.1) is 6.04 Å². The summed E-state index contributed by atoms with van der Waals surface area (Å²) in [6.07, 6.45) is 0. The lowest BCUT2D eigenvalue weighted by atomic mass is 10.1. The number of aryl methyl sites for hydroxylation is 1. The van der Waals surface area contributed by atoms with Gasteiger partial charge in [-0.05, 0) is 31.5 Å². The Bertz CT molecular complexity index is 914. The van der Waals surface area contributed by atoms with Crippen molar-refractivity contribution in [3.05, 3.63) is 77.9 Å². The maximum Gasteiger partial charge on any atom is 0.192 e. The first-order chi connectivity index (χ1) is 14.1. The molecular weight excluding hydrogens is 507 g/mol. The van der Waals surface area contributed by atoms with Gasteiger partial charge in [-0.2, -0.15) is 0 Å². The number of nitrogens with one attached hydrogen (secondary N) is 2. The zero-order chi connectivity index (χ0) is 20.5. The minimum Gasteiger partial charge on any atom is -0.356 e. The van der Waals surface area contributed by atoms with Crippen LogP contribution in [0.25, 0.3) is 0 Å². The van der Waals surface area contributed by atoms with E-state index in [1.165, 1.54) is 10.5 Å². The summed E-state index contributed by atoms with van der Waals surface area (Å²) in [5.41, 5.74) is 1.22. The quantitative estimate of drug-likeness (QED) is 0.148. The summed E-state index contributed by atoms with van der Waals surface area (Å²) in [6.45, 7) is 5.36. The van der Waals surface area contributed by atoms with Crippen molar-refractivity contribution in [2.45, 2.75) is 31.3 Å². The second-order valence-electron chi connectivity index (χ2n) is 6.75. The summed E-state index contributed by atoms with van der Waals surface area (Å²) in [4.78, 5) is 6.01. The van der Waals surface area contributed by atoms with Crippen LogP contribution in [-0.4, -0.2) is 33.0 Å². The van der Waals surface area contributed by atoms with Crippen molar-refractivity contribution in [1.29, 1.82) is 0 Å². The third kappa shape index (κ3) is 7.32. The normalized spacial score (nSPS) is 12.2. The van der Waals surface area contributed by atoms with Crippen molar-refractivity contribution in [2.24, 2.45) is 12.0 Å². The van der Waals surface area contributed by atoms with E-state index in [4.69, 9.17) is 4.99 Å². The minimum absolute atomic E-state index is 0. The summed E-state index contributed by atoms with van der Waals surface area (Å²) in [7, 11) is 1.96. The summed E-state index contributed by atoms with van der Waals surface area (Å²) < 4.78 is 1.97. The smallest absolute Gasteiger partial charge is 0.192 e. The fourth-order valence-electron chi connectivity index (χ4n) is 2.78. The number of aliphatic imine (C=N–C) groups is 1. The predicted octanol–water partition coefficient (Wildman–Crippen LogP) is 4.33. The molecule has 0 amide bonds. The summed E-state index contributed by atoms with van der Waals surface area (Å²) in [5.74, 6) is 3.45. The molecule has 30 heavy (non-hydrogen) atoms. The van der Waals surface area contributed by atoms with Crippen LogP contribution in [0.15, 0.2) is 70.6 Å². The minimum atomic E-state index is 0. The van der Waals surface area contributed by atoms with Gasteiger partial charge in [0.15, 0.2) is 11.8 Å². The van der Waals surface area contributed by atoms with Crippen LogP contribution in [0.3, 0.4) is 0 Å². The topological polar surface area (TPSA) is 67.1 Å². The molecule has 0 aliphatic rings. The number of hydrogen-bond donors (Lipinski definition) is 2. The molecule has 0 radical (unpaired) electrons. The molecule has 1 heterocycles. The van der Waals surface area contributed by atoms with Gasteiger partial charge in [-0.3, -0.25) is 0 Å². The average Bonchev–Trinajstić information content (AvgIpc) is 3.08. The van der Waals surface area contributed by atoms with Crippen molar-refractivity contribution in [2.75, 3.05) is 12.3 Å². The number of benzene rings is 2. The van der Waals surface area contributed by atoms with Crippen LogP contribution in [-0.2, 0) is 13.6 Å². The molecule has 1 aromatic heterocycles. The molecule has 2 aromatic carbocycles. The lowest BCUT2D eigenvalue weighted by Crippen LogP contribution is -2.40. The van der Waals surface area contributed by atoms with Crippen molar-refractivity contribution in [3.63, 3.8) is 0 Å². The number of nitrogens with zero attached hydrogens (tertiary/aromatic N) is 4. The van der Waals surface area contributed by atoms with Crippen molar-refractivity contribution >= 4 is 41.7 Å². The van der Waals surface area contributed by atoms with Crippen LogP contribution in [0, 0.1) is 6.92 Å².